The lowest BCUT2D eigenvalue weighted by Crippen LogP contribution is -2.00. The molecule has 3 heteroatoms. The summed E-state index contributed by atoms with van der Waals surface area (Å²) in [6.45, 7) is 0. The molecular weight excluding hydrogens is 170 g/mol. The highest BCUT2D eigenvalue weighted by Crippen LogP contribution is 2.34. The lowest BCUT2D eigenvalue weighted by Gasteiger charge is -2.09. The summed E-state index contributed by atoms with van der Waals surface area (Å²) >= 11 is 1.59. The fourth-order valence-electron chi connectivity index (χ4n) is 1.74. The summed E-state index contributed by atoms with van der Waals surface area (Å²) < 4.78 is 0. The smallest absolute Gasteiger partial charge is 0.153 e. The average Bonchev–Trinajstić information content (AvgIpc) is 2.40. The van der Waals surface area contributed by atoms with Crippen LogP contribution in [0.2, 0.25) is 0 Å². The van der Waals surface area contributed by atoms with Crippen LogP contribution in [-0.4, -0.2) is 6.29 Å². The average molecular weight is 181 g/mol. The van der Waals surface area contributed by atoms with E-state index in [2.05, 4.69) is 0 Å². The Morgan fingerprint density at radius 2 is 2.08 bits per heavy atom. The van der Waals surface area contributed by atoms with Crippen LogP contribution in [0.1, 0.15) is 33.6 Å². The zero-order chi connectivity index (χ0) is 8.55. The summed E-state index contributed by atoms with van der Waals surface area (Å²) in [6, 6.07) is 0. The van der Waals surface area contributed by atoms with Gasteiger partial charge in [0.05, 0.1) is 10.6 Å². The second-order valence-corrected chi connectivity index (χ2v) is 4.24. The zero-order valence-electron chi connectivity index (χ0n) is 6.80. The van der Waals surface area contributed by atoms with Crippen molar-refractivity contribution in [2.45, 2.75) is 25.7 Å². The molecule has 1 aromatic rings. The van der Waals surface area contributed by atoms with Crippen molar-refractivity contribution in [2.24, 2.45) is 0 Å². The summed E-state index contributed by atoms with van der Waals surface area (Å²) in [4.78, 5) is 12.0. The Morgan fingerprint density at radius 3 is 2.83 bits per heavy atom. The molecule has 1 heterocycles. The molecular formula is C9H11NOS. The molecule has 0 unspecified atom stereocenters. The van der Waals surface area contributed by atoms with Crippen molar-refractivity contribution in [3.8, 4) is 0 Å². The van der Waals surface area contributed by atoms with E-state index in [-0.39, 0.29) is 0 Å². The maximum absolute atomic E-state index is 10.7. The van der Waals surface area contributed by atoms with Crippen molar-refractivity contribution in [1.82, 2.24) is 0 Å². The molecule has 2 rings (SSSR count). The molecule has 0 aromatic carbocycles. The summed E-state index contributed by atoms with van der Waals surface area (Å²) in [5, 5.41) is 0.705. The number of aldehydes is 1. The van der Waals surface area contributed by atoms with Gasteiger partial charge in [0.15, 0.2) is 6.29 Å². The van der Waals surface area contributed by atoms with E-state index in [4.69, 9.17) is 5.73 Å². The van der Waals surface area contributed by atoms with Gasteiger partial charge in [0.1, 0.15) is 0 Å². The molecule has 0 aliphatic heterocycles. The molecule has 0 fully saturated rings. The number of fused-ring (bicyclic) bond motifs is 1. The molecule has 0 radical (unpaired) electrons. The first-order valence-corrected chi connectivity index (χ1v) is 4.99. The lowest BCUT2D eigenvalue weighted by molar-refractivity contribution is 0.112. The number of rotatable bonds is 1. The fraction of sp³-hybridized carbons (Fsp3) is 0.444. The van der Waals surface area contributed by atoms with Gasteiger partial charge < -0.3 is 5.73 Å². The minimum atomic E-state index is 0.705. The van der Waals surface area contributed by atoms with E-state index >= 15 is 0 Å². The first kappa shape index (κ1) is 7.80. The Balaban J connectivity index is 2.53. The third-order valence-corrected chi connectivity index (χ3v) is 3.50. The highest BCUT2D eigenvalue weighted by atomic mass is 32.1. The van der Waals surface area contributed by atoms with Crippen LogP contribution >= 0.6 is 11.3 Å². The third-order valence-electron chi connectivity index (χ3n) is 2.36. The highest BCUT2D eigenvalue weighted by molar-refractivity contribution is 7.16. The SMILES string of the molecule is Nc1sc2c(c1C=O)CCCC2. The van der Waals surface area contributed by atoms with E-state index in [1.807, 2.05) is 0 Å². The Bertz CT molecular complexity index is 317. The monoisotopic (exact) mass is 181 g/mol. The number of thiophene rings is 1. The Labute approximate surface area is 75.4 Å². The number of nitrogen functional groups attached to an aromatic ring is 1. The molecule has 2 N–H and O–H groups in total. The molecule has 64 valence electrons. The number of anilines is 1. The standard InChI is InChI=1S/C9H11NOS/c10-9-7(5-11)6-3-1-2-4-8(6)12-9/h5H,1-4,10H2. The lowest BCUT2D eigenvalue weighted by atomic mass is 9.96. The molecule has 12 heavy (non-hydrogen) atoms. The van der Waals surface area contributed by atoms with Gasteiger partial charge in [0, 0.05) is 4.88 Å². The molecule has 1 aliphatic carbocycles. The van der Waals surface area contributed by atoms with Gasteiger partial charge in [-0.05, 0) is 31.2 Å². The van der Waals surface area contributed by atoms with Gasteiger partial charge in [0.2, 0.25) is 0 Å². The van der Waals surface area contributed by atoms with Crippen molar-refractivity contribution < 1.29 is 4.79 Å². The van der Waals surface area contributed by atoms with Crippen molar-refractivity contribution in [1.29, 1.82) is 0 Å². The van der Waals surface area contributed by atoms with Gasteiger partial charge in [-0.2, -0.15) is 0 Å². The molecule has 0 spiro atoms. The van der Waals surface area contributed by atoms with E-state index in [9.17, 15) is 4.79 Å². The molecule has 0 saturated carbocycles. The van der Waals surface area contributed by atoms with Crippen LogP contribution in [0.15, 0.2) is 0 Å². The first-order chi connectivity index (χ1) is 5.83. The van der Waals surface area contributed by atoms with E-state index in [0.29, 0.717) is 5.00 Å². The number of aryl methyl sites for hydroxylation is 1. The van der Waals surface area contributed by atoms with Crippen molar-refractivity contribution in [3.05, 3.63) is 16.0 Å². The summed E-state index contributed by atoms with van der Waals surface area (Å²) in [5.41, 5.74) is 7.70. The van der Waals surface area contributed by atoms with Crippen LogP contribution in [-0.2, 0) is 12.8 Å². The van der Waals surface area contributed by atoms with Crippen LogP contribution < -0.4 is 5.73 Å². The molecule has 2 nitrogen and oxygen atoms in total. The van der Waals surface area contributed by atoms with Crippen LogP contribution in [0, 0.1) is 0 Å². The third kappa shape index (κ3) is 1.05. The topological polar surface area (TPSA) is 43.1 Å². The molecule has 0 atom stereocenters. The van der Waals surface area contributed by atoms with E-state index < -0.39 is 0 Å². The minimum Gasteiger partial charge on any atom is -0.390 e. The maximum Gasteiger partial charge on any atom is 0.153 e. The van der Waals surface area contributed by atoms with E-state index in [0.717, 1.165) is 24.7 Å². The van der Waals surface area contributed by atoms with E-state index in [1.165, 1.54) is 23.3 Å². The Morgan fingerprint density at radius 1 is 1.33 bits per heavy atom. The molecule has 0 bridgehead atoms. The van der Waals surface area contributed by atoms with Crippen molar-refractivity contribution in [3.63, 3.8) is 0 Å². The maximum atomic E-state index is 10.7. The second-order valence-electron chi connectivity index (χ2n) is 3.11. The first-order valence-electron chi connectivity index (χ1n) is 4.18. The van der Waals surface area contributed by atoms with Crippen molar-refractivity contribution in [2.75, 3.05) is 5.73 Å². The summed E-state index contributed by atoms with van der Waals surface area (Å²) in [6.07, 6.45) is 5.49. The van der Waals surface area contributed by atoms with Crippen molar-refractivity contribution >= 4 is 22.6 Å². The van der Waals surface area contributed by atoms with Crippen LogP contribution in [0.25, 0.3) is 0 Å². The summed E-state index contributed by atoms with van der Waals surface area (Å²) in [7, 11) is 0. The van der Waals surface area contributed by atoms with Gasteiger partial charge in [-0.15, -0.1) is 11.3 Å². The Kier molecular flexibility index (Phi) is 1.89. The zero-order valence-corrected chi connectivity index (χ0v) is 7.62. The largest absolute Gasteiger partial charge is 0.390 e. The fourth-order valence-corrected chi connectivity index (χ4v) is 2.87. The molecule has 1 aliphatic rings. The van der Waals surface area contributed by atoms with Gasteiger partial charge in [-0.25, -0.2) is 0 Å². The Hall–Kier alpha value is -0.830. The van der Waals surface area contributed by atoms with Gasteiger partial charge in [0.25, 0.3) is 0 Å². The summed E-state index contributed by atoms with van der Waals surface area (Å²) in [5.74, 6) is 0. The quantitative estimate of drug-likeness (QED) is 0.673. The normalized spacial score (nSPS) is 15.7. The number of carbonyl (C=O) groups excluding carboxylic acids is 1. The predicted molar refractivity (Wildman–Crippen MR) is 50.8 cm³/mol. The van der Waals surface area contributed by atoms with Crippen LogP contribution in [0.3, 0.4) is 0 Å². The highest BCUT2D eigenvalue weighted by Gasteiger charge is 2.18. The number of nitrogens with two attached hydrogens (primary N) is 1. The minimum absolute atomic E-state index is 0.705. The predicted octanol–water partition coefficient (Wildman–Crippen LogP) is 2.02. The van der Waals surface area contributed by atoms with Gasteiger partial charge in [-0.1, -0.05) is 0 Å². The number of hydrogen-bond donors (Lipinski definition) is 1. The second kappa shape index (κ2) is 2.90. The molecule has 0 amide bonds. The number of hydrogen-bond acceptors (Lipinski definition) is 3. The molecule has 0 saturated heterocycles. The van der Waals surface area contributed by atoms with E-state index in [1.54, 1.807) is 11.3 Å². The molecule has 1 aromatic heterocycles. The van der Waals surface area contributed by atoms with Gasteiger partial charge >= 0.3 is 0 Å². The van der Waals surface area contributed by atoms with Crippen LogP contribution in [0.5, 0.6) is 0 Å². The van der Waals surface area contributed by atoms with Crippen LogP contribution in [0.4, 0.5) is 5.00 Å². The van der Waals surface area contributed by atoms with Gasteiger partial charge in [-0.3, -0.25) is 4.79 Å². The number of carbonyl (C=O) groups is 1.